The molecule has 0 aromatic carbocycles. The van der Waals surface area contributed by atoms with Gasteiger partial charge in [-0.25, -0.2) is 0 Å². The van der Waals surface area contributed by atoms with Crippen LogP contribution in [0.15, 0.2) is 0 Å². The first-order valence-electron chi connectivity index (χ1n) is 5.65. The minimum atomic E-state index is 0.0440. The lowest BCUT2D eigenvalue weighted by atomic mass is 10.0. The summed E-state index contributed by atoms with van der Waals surface area (Å²) in [6.07, 6.45) is 8.75. The third-order valence-corrected chi connectivity index (χ3v) is 2.86. The Morgan fingerprint density at radius 2 is 2.33 bits per heavy atom. The summed E-state index contributed by atoms with van der Waals surface area (Å²) >= 11 is 0. The number of hydrogen-bond acceptors (Lipinski definition) is 2. The summed E-state index contributed by atoms with van der Waals surface area (Å²) in [6.45, 7) is 5.18. The standard InChI is InChI=1S/C12H20N2O/c1-3-7-13-12(15)10-14-8-4-5-11(2)6-9-14/h1,11H,4-10H2,2H3,(H,13,15). The van der Waals surface area contributed by atoms with E-state index in [1.807, 2.05) is 0 Å². The maximum Gasteiger partial charge on any atom is 0.234 e. The SMILES string of the molecule is C#CCNC(=O)CN1CCCC(C)CC1. The molecule has 0 saturated carbocycles. The van der Waals surface area contributed by atoms with Gasteiger partial charge in [0.2, 0.25) is 5.91 Å². The zero-order valence-electron chi connectivity index (χ0n) is 9.46. The third-order valence-electron chi connectivity index (χ3n) is 2.86. The third kappa shape index (κ3) is 4.85. The number of nitrogens with zero attached hydrogens (tertiary/aromatic N) is 1. The van der Waals surface area contributed by atoms with Gasteiger partial charge in [0.15, 0.2) is 0 Å². The predicted molar refractivity (Wildman–Crippen MR) is 61.3 cm³/mol. The molecule has 1 amide bonds. The van der Waals surface area contributed by atoms with Crippen LogP contribution < -0.4 is 5.32 Å². The fourth-order valence-electron chi connectivity index (χ4n) is 1.89. The summed E-state index contributed by atoms with van der Waals surface area (Å²) in [5, 5.41) is 2.69. The Kier molecular flexibility index (Phi) is 5.20. The summed E-state index contributed by atoms with van der Waals surface area (Å²) in [5.74, 6) is 3.24. The topological polar surface area (TPSA) is 32.3 Å². The van der Waals surface area contributed by atoms with E-state index < -0.39 is 0 Å². The molecular formula is C12H20N2O. The summed E-state index contributed by atoms with van der Waals surface area (Å²) in [5.41, 5.74) is 0. The smallest absolute Gasteiger partial charge is 0.234 e. The van der Waals surface area contributed by atoms with Crippen LogP contribution in [0.2, 0.25) is 0 Å². The molecule has 0 aliphatic carbocycles. The Labute approximate surface area is 92.2 Å². The maximum absolute atomic E-state index is 11.4. The first kappa shape index (κ1) is 12.1. The first-order valence-corrected chi connectivity index (χ1v) is 5.65. The molecule has 1 N–H and O–H groups in total. The molecule has 1 atom stereocenters. The van der Waals surface area contributed by atoms with Gasteiger partial charge in [0, 0.05) is 0 Å². The number of terminal acetylenes is 1. The molecule has 3 nitrogen and oxygen atoms in total. The molecule has 1 heterocycles. The van der Waals surface area contributed by atoms with Gasteiger partial charge in [-0.1, -0.05) is 12.8 Å². The molecule has 1 aliphatic heterocycles. The van der Waals surface area contributed by atoms with Gasteiger partial charge < -0.3 is 5.32 Å². The Balaban J connectivity index is 2.25. The van der Waals surface area contributed by atoms with Crippen molar-refractivity contribution in [2.75, 3.05) is 26.2 Å². The zero-order chi connectivity index (χ0) is 11.1. The van der Waals surface area contributed by atoms with Crippen LogP contribution in [0.3, 0.4) is 0 Å². The van der Waals surface area contributed by atoms with Crippen molar-refractivity contribution < 1.29 is 4.79 Å². The van der Waals surface area contributed by atoms with Gasteiger partial charge in [-0.2, -0.15) is 0 Å². The van der Waals surface area contributed by atoms with Crippen molar-refractivity contribution in [3.8, 4) is 12.3 Å². The van der Waals surface area contributed by atoms with Crippen molar-refractivity contribution in [3.63, 3.8) is 0 Å². The average molecular weight is 208 g/mol. The molecule has 1 rings (SSSR count). The quantitative estimate of drug-likeness (QED) is 0.698. The van der Waals surface area contributed by atoms with Crippen molar-refractivity contribution in [2.45, 2.75) is 26.2 Å². The molecule has 1 fully saturated rings. The van der Waals surface area contributed by atoms with Crippen molar-refractivity contribution in [3.05, 3.63) is 0 Å². The second kappa shape index (κ2) is 6.47. The lowest BCUT2D eigenvalue weighted by molar-refractivity contribution is -0.122. The molecule has 84 valence electrons. The minimum Gasteiger partial charge on any atom is -0.344 e. The fourth-order valence-corrected chi connectivity index (χ4v) is 1.89. The molecule has 1 saturated heterocycles. The van der Waals surface area contributed by atoms with Gasteiger partial charge in [-0.3, -0.25) is 9.69 Å². The van der Waals surface area contributed by atoms with Crippen molar-refractivity contribution in [1.82, 2.24) is 10.2 Å². The van der Waals surface area contributed by atoms with E-state index in [0.29, 0.717) is 13.1 Å². The van der Waals surface area contributed by atoms with Crippen LogP contribution in [0.25, 0.3) is 0 Å². The number of carbonyl (C=O) groups is 1. The minimum absolute atomic E-state index is 0.0440. The molecule has 1 unspecified atom stereocenters. The average Bonchev–Trinajstić information content (AvgIpc) is 2.41. The van der Waals surface area contributed by atoms with Gasteiger partial charge in [0.1, 0.15) is 0 Å². The molecule has 0 spiro atoms. The summed E-state index contributed by atoms with van der Waals surface area (Å²) in [6, 6.07) is 0. The van der Waals surface area contributed by atoms with Crippen LogP contribution in [0.5, 0.6) is 0 Å². The van der Waals surface area contributed by atoms with E-state index in [4.69, 9.17) is 6.42 Å². The van der Waals surface area contributed by atoms with Crippen LogP contribution in [0, 0.1) is 18.3 Å². The first-order chi connectivity index (χ1) is 7.22. The number of nitrogens with one attached hydrogen (secondary N) is 1. The second-order valence-corrected chi connectivity index (χ2v) is 4.29. The van der Waals surface area contributed by atoms with E-state index in [9.17, 15) is 4.79 Å². The zero-order valence-corrected chi connectivity index (χ0v) is 9.46. The highest BCUT2D eigenvalue weighted by atomic mass is 16.2. The highest BCUT2D eigenvalue weighted by Gasteiger charge is 2.15. The van der Waals surface area contributed by atoms with E-state index in [2.05, 4.69) is 23.1 Å². The molecule has 1 aliphatic rings. The van der Waals surface area contributed by atoms with Crippen LogP contribution in [0.1, 0.15) is 26.2 Å². The highest BCUT2D eigenvalue weighted by molar-refractivity contribution is 5.78. The van der Waals surface area contributed by atoms with Gasteiger partial charge in [0.25, 0.3) is 0 Å². The van der Waals surface area contributed by atoms with Crippen molar-refractivity contribution in [1.29, 1.82) is 0 Å². The van der Waals surface area contributed by atoms with Crippen LogP contribution in [0.4, 0.5) is 0 Å². The van der Waals surface area contributed by atoms with Crippen LogP contribution in [-0.2, 0) is 4.79 Å². The lowest BCUT2D eigenvalue weighted by Gasteiger charge is -2.18. The van der Waals surface area contributed by atoms with E-state index in [1.165, 1.54) is 19.3 Å². The number of likely N-dealkylation sites (tertiary alicyclic amines) is 1. The summed E-state index contributed by atoms with van der Waals surface area (Å²) < 4.78 is 0. The van der Waals surface area contributed by atoms with Gasteiger partial charge >= 0.3 is 0 Å². The van der Waals surface area contributed by atoms with Crippen molar-refractivity contribution in [2.24, 2.45) is 5.92 Å². The molecule has 0 aromatic heterocycles. The lowest BCUT2D eigenvalue weighted by Crippen LogP contribution is -2.37. The maximum atomic E-state index is 11.4. The Morgan fingerprint density at radius 1 is 1.53 bits per heavy atom. The highest BCUT2D eigenvalue weighted by Crippen LogP contribution is 2.15. The monoisotopic (exact) mass is 208 g/mol. The van der Waals surface area contributed by atoms with Crippen LogP contribution >= 0.6 is 0 Å². The van der Waals surface area contributed by atoms with E-state index in [-0.39, 0.29) is 5.91 Å². The second-order valence-electron chi connectivity index (χ2n) is 4.29. The Bertz CT molecular complexity index is 244. The number of amides is 1. The fraction of sp³-hybridized carbons (Fsp3) is 0.750. The summed E-state index contributed by atoms with van der Waals surface area (Å²) in [7, 11) is 0. The van der Waals surface area contributed by atoms with E-state index in [0.717, 1.165) is 19.0 Å². The number of carbonyl (C=O) groups excluding carboxylic acids is 1. The van der Waals surface area contributed by atoms with E-state index >= 15 is 0 Å². The van der Waals surface area contributed by atoms with Gasteiger partial charge in [-0.05, 0) is 38.3 Å². The largest absolute Gasteiger partial charge is 0.344 e. The normalized spacial score (nSPS) is 22.8. The van der Waals surface area contributed by atoms with Crippen molar-refractivity contribution >= 4 is 5.91 Å². The number of rotatable bonds is 3. The predicted octanol–water partition coefficient (Wildman–Crippen LogP) is 0.858. The number of hydrogen-bond donors (Lipinski definition) is 1. The molecule has 15 heavy (non-hydrogen) atoms. The van der Waals surface area contributed by atoms with E-state index in [1.54, 1.807) is 0 Å². The molecule has 0 bridgehead atoms. The Morgan fingerprint density at radius 3 is 3.07 bits per heavy atom. The molecule has 3 heteroatoms. The summed E-state index contributed by atoms with van der Waals surface area (Å²) in [4.78, 5) is 13.6. The van der Waals surface area contributed by atoms with Crippen LogP contribution in [-0.4, -0.2) is 37.0 Å². The molecule has 0 radical (unpaired) electrons. The Hall–Kier alpha value is -1.01. The van der Waals surface area contributed by atoms with Gasteiger partial charge in [-0.15, -0.1) is 6.42 Å². The molecule has 0 aromatic rings. The molecular weight excluding hydrogens is 188 g/mol. The van der Waals surface area contributed by atoms with Gasteiger partial charge in [0.05, 0.1) is 13.1 Å².